The molecular weight excluding hydrogens is 604 g/mol. The molecule has 12 heteroatoms. The molecule has 0 spiro atoms. The van der Waals surface area contributed by atoms with Crippen LogP contribution in [0.4, 0.5) is 10.1 Å². The number of benzene rings is 3. The van der Waals surface area contributed by atoms with E-state index in [1.54, 1.807) is 58.0 Å². The molecule has 0 fully saturated rings. The van der Waals surface area contributed by atoms with Crippen molar-refractivity contribution in [2.75, 3.05) is 17.5 Å². The van der Waals surface area contributed by atoms with Crippen LogP contribution in [0.5, 0.6) is 5.75 Å². The Hall–Kier alpha value is -3.34. The van der Waals surface area contributed by atoms with Gasteiger partial charge in [-0.05, 0) is 95.3 Å². The van der Waals surface area contributed by atoms with Crippen molar-refractivity contribution in [3.63, 3.8) is 0 Å². The Labute approximate surface area is 256 Å². The van der Waals surface area contributed by atoms with E-state index >= 15 is 0 Å². The lowest BCUT2D eigenvalue weighted by Gasteiger charge is -2.33. The minimum Gasteiger partial charge on any atom is -0.494 e. The Balaban J connectivity index is 2.08. The summed E-state index contributed by atoms with van der Waals surface area (Å²) >= 11 is 12.8. The Kier molecular flexibility index (Phi) is 10.9. The number of nitrogens with one attached hydrogen (secondary N) is 1. The molecule has 2 amide bonds. The Morgan fingerprint density at radius 1 is 0.976 bits per heavy atom. The molecule has 1 N–H and O–H groups in total. The first-order chi connectivity index (χ1) is 19.6. The molecular formula is C30H34Cl2FN3O5S. The Morgan fingerprint density at radius 3 is 2.07 bits per heavy atom. The number of nitrogens with zero attached hydrogens (tertiary/aromatic N) is 2. The number of hydrogen-bond acceptors (Lipinski definition) is 5. The standard InChI is InChI=1S/C30H34Cl2FN3O5S/c1-6-41-23-14-12-22(13-15-23)36(42(39,40)24-16-10-21(33)11-17-24)19-28(37)35(20(2)29(38)34-30(3,4)5)18-25-26(31)8-7-9-27(25)32/h7-17,20H,6,18-19H2,1-5H3,(H,34,38)/t20-/m0/s1. The van der Waals surface area contributed by atoms with Gasteiger partial charge in [0.05, 0.1) is 17.2 Å². The highest BCUT2D eigenvalue weighted by atomic mass is 35.5. The first kappa shape index (κ1) is 33.2. The molecule has 1 atom stereocenters. The fourth-order valence-corrected chi connectivity index (χ4v) is 5.98. The molecule has 226 valence electrons. The van der Waals surface area contributed by atoms with E-state index in [4.69, 9.17) is 27.9 Å². The van der Waals surface area contributed by atoms with Crippen LogP contribution in [0.1, 0.15) is 40.2 Å². The zero-order valence-electron chi connectivity index (χ0n) is 24.0. The summed E-state index contributed by atoms with van der Waals surface area (Å²) in [6, 6.07) is 14.3. The molecule has 0 radical (unpaired) electrons. The van der Waals surface area contributed by atoms with Crippen LogP contribution in [-0.4, -0.2) is 49.9 Å². The van der Waals surface area contributed by atoms with Gasteiger partial charge >= 0.3 is 0 Å². The number of amides is 2. The summed E-state index contributed by atoms with van der Waals surface area (Å²) in [5.74, 6) is -1.25. The van der Waals surface area contributed by atoms with Crippen molar-refractivity contribution in [3.8, 4) is 5.75 Å². The molecule has 3 aromatic carbocycles. The van der Waals surface area contributed by atoms with Gasteiger partial charge < -0.3 is 15.0 Å². The van der Waals surface area contributed by atoms with Gasteiger partial charge in [-0.25, -0.2) is 12.8 Å². The van der Waals surface area contributed by atoms with Gasteiger partial charge in [0, 0.05) is 27.7 Å². The molecule has 0 saturated heterocycles. The van der Waals surface area contributed by atoms with Gasteiger partial charge in [-0.3, -0.25) is 13.9 Å². The molecule has 0 aliphatic heterocycles. The number of halogens is 3. The normalized spacial score (nSPS) is 12.4. The van der Waals surface area contributed by atoms with E-state index in [0.717, 1.165) is 28.6 Å². The number of hydrogen-bond donors (Lipinski definition) is 1. The van der Waals surface area contributed by atoms with Gasteiger partial charge in [-0.2, -0.15) is 0 Å². The van der Waals surface area contributed by atoms with E-state index in [2.05, 4.69) is 5.32 Å². The molecule has 0 aliphatic rings. The monoisotopic (exact) mass is 637 g/mol. The lowest BCUT2D eigenvalue weighted by Crippen LogP contribution is -2.54. The molecule has 3 aromatic rings. The number of ether oxygens (including phenoxy) is 1. The highest BCUT2D eigenvalue weighted by molar-refractivity contribution is 7.92. The average molecular weight is 639 g/mol. The Morgan fingerprint density at radius 2 is 1.55 bits per heavy atom. The summed E-state index contributed by atoms with van der Waals surface area (Å²) in [5.41, 5.74) is -0.0280. The van der Waals surface area contributed by atoms with Crippen molar-refractivity contribution < 1.29 is 27.1 Å². The predicted molar refractivity (Wildman–Crippen MR) is 163 cm³/mol. The van der Waals surface area contributed by atoms with E-state index in [-0.39, 0.29) is 27.2 Å². The predicted octanol–water partition coefficient (Wildman–Crippen LogP) is 6.06. The number of rotatable bonds is 11. The molecule has 42 heavy (non-hydrogen) atoms. The lowest BCUT2D eigenvalue weighted by atomic mass is 10.1. The number of carbonyl (C=O) groups is 2. The lowest BCUT2D eigenvalue weighted by molar-refractivity contribution is -0.140. The van der Waals surface area contributed by atoms with Gasteiger partial charge in [0.25, 0.3) is 10.0 Å². The smallest absolute Gasteiger partial charge is 0.264 e. The summed E-state index contributed by atoms with van der Waals surface area (Å²) in [6.07, 6.45) is 0. The number of carbonyl (C=O) groups excluding carboxylic acids is 2. The largest absolute Gasteiger partial charge is 0.494 e. The van der Waals surface area contributed by atoms with Gasteiger partial charge in [-0.1, -0.05) is 29.3 Å². The van der Waals surface area contributed by atoms with Gasteiger partial charge in [0.15, 0.2) is 0 Å². The van der Waals surface area contributed by atoms with Crippen molar-refractivity contribution in [1.29, 1.82) is 0 Å². The average Bonchev–Trinajstić information content (AvgIpc) is 2.91. The molecule has 0 bridgehead atoms. The van der Waals surface area contributed by atoms with Crippen molar-refractivity contribution in [2.45, 2.75) is 57.6 Å². The first-order valence-electron chi connectivity index (χ1n) is 13.2. The summed E-state index contributed by atoms with van der Waals surface area (Å²) in [5, 5.41) is 3.42. The molecule has 3 rings (SSSR count). The zero-order valence-corrected chi connectivity index (χ0v) is 26.4. The third-order valence-corrected chi connectivity index (χ3v) is 8.67. The minimum atomic E-state index is -4.36. The van der Waals surface area contributed by atoms with Crippen molar-refractivity contribution in [1.82, 2.24) is 10.2 Å². The maximum absolute atomic E-state index is 14.0. The van der Waals surface area contributed by atoms with E-state index < -0.39 is 45.8 Å². The molecule has 0 saturated carbocycles. The fourth-order valence-electron chi connectivity index (χ4n) is 4.05. The van der Waals surface area contributed by atoms with Crippen molar-refractivity contribution in [3.05, 3.63) is 88.2 Å². The van der Waals surface area contributed by atoms with Crippen LogP contribution in [0.15, 0.2) is 71.6 Å². The second-order valence-electron chi connectivity index (χ2n) is 10.5. The van der Waals surface area contributed by atoms with E-state index in [1.165, 1.54) is 17.0 Å². The minimum absolute atomic E-state index is 0.163. The summed E-state index contributed by atoms with van der Waals surface area (Å²) in [6.45, 7) is 8.33. The van der Waals surface area contributed by atoms with Crippen LogP contribution in [-0.2, 0) is 26.2 Å². The van der Waals surface area contributed by atoms with E-state index in [1.807, 2.05) is 6.92 Å². The highest BCUT2D eigenvalue weighted by Crippen LogP contribution is 2.29. The van der Waals surface area contributed by atoms with Crippen LogP contribution in [0.25, 0.3) is 0 Å². The van der Waals surface area contributed by atoms with Gasteiger partial charge in [0.1, 0.15) is 24.2 Å². The van der Waals surface area contributed by atoms with E-state index in [9.17, 15) is 22.4 Å². The SMILES string of the molecule is CCOc1ccc(N(CC(=O)N(Cc2c(Cl)cccc2Cl)[C@@H](C)C(=O)NC(C)(C)C)S(=O)(=O)c2ccc(F)cc2)cc1. The van der Waals surface area contributed by atoms with Crippen LogP contribution < -0.4 is 14.4 Å². The maximum atomic E-state index is 14.0. The maximum Gasteiger partial charge on any atom is 0.264 e. The van der Waals surface area contributed by atoms with Crippen LogP contribution in [0, 0.1) is 5.82 Å². The molecule has 0 aromatic heterocycles. The van der Waals surface area contributed by atoms with Gasteiger partial charge in [-0.15, -0.1) is 0 Å². The number of anilines is 1. The highest BCUT2D eigenvalue weighted by Gasteiger charge is 2.34. The third-order valence-electron chi connectivity index (χ3n) is 6.17. The molecule has 0 heterocycles. The summed E-state index contributed by atoms with van der Waals surface area (Å²) in [7, 11) is -4.36. The van der Waals surface area contributed by atoms with Crippen LogP contribution >= 0.6 is 23.2 Å². The first-order valence-corrected chi connectivity index (χ1v) is 15.4. The number of sulfonamides is 1. The molecule has 0 unspecified atom stereocenters. The van der Waals surface area contributed by atoms with Crippen molar-refractivity contribution >= 4 is 50.7 Å². The van der Waals surface area contributed by atoms with E-state index in [0.29, 0.717) is 17.9 Å². The quantitative estimate of drug-likeness (QED) is 0.276. The second-order valence-corrected chi connectivity index (χ2v) is 13.2. The zero-order chi connectivity index (χ0) is 31.2. The summed E-state index contributed by atoms with van der Waals surface area (Å²) in [4.78, 5) is 28.3. The van der Waals surface area contributed by atoms with Crippen LogP contribution in [0.2, 0.25) is 10.0 Å². The summed E-state index contributed by atoms with van der Waals surface area (Å²) < 4.78 is 47.7. The van der Waals surface area contributed by atoms with Gasteiger partial charge in [0.2, 0.25) is 11.8 Å². The molecule has 0 aliphatic carbocycles. The third kappa shape index (κ3) is 8.36. The second kappa shape index (κ2) is 13.8. The molecule has 8 nitrogen and oxygen atoms in total. The fraction of sp³-hybridized carbons (Fsp3) is 0.333. The Bertz CT molecular complexity index is 1490. The van der Waals surface area contributed by atoms with Crippen molar-refractivity contribution in [2.24, 2.45) is 0 Å². The van der Waals surface area contributed by atoms with Crippen LogP contribution in [0.3, 0.4) is 0 Å². The topological polar surface area (TPSA) is 96.0 Å².